The smallest absolute Gasteiger partial charge is 0.282 e. The second-order valence-electron chi connectivity index (χ2n) is 8.23. The molecule has 36 heavy (non-hydrogen) atoms. The molecule has 4 aromatic rings. The highest BCUT2D eigenvalue weighted by Crippen LogP contribution is 2.44. The quantitative estimate of drug-likeness (QED) is 0.220. The number of aromatic nitrogens is 3. The molecule has 0 saturated heterocycles. The lowest BCUT2D eigenvalue weighted by Gasteiger charge is -2.19. The highest BCUT2D eigenvalue weighted by molar-refractivity contribution is 7.98. The fourth-order valence-corrected chi connectivity index (χ4v) is 4.73. The Kier molecular flexibility index (Phi) is 5.53. The van der Waals surface area contributed by atoms with Crippen LogP contribution in [0.15, 0.2) is 65.8 Å². The summed E-state index contributed by atoms with van der Waals surface area (Å²) in [5.74, 6) is 1.62. The number of nitrogens with one attached hydrogen (secondary N) is 1. The van der Waals surface area contributed by atoms with Crippen molar-refractivity contribution in [3.8, 4) is 28.6 Å². The number of thioether (sulfide) groups is 1. The topological polar surface area (TPSA) is 122 Å². The van der Waals surface area contributed by atoms with E-state index < -0.39 is 11.2 Å². The Bertz CT molecular complexity index is 1480. The standard InChI is InChI=1S/C25H19N5O5S/c1-14-6-8-15(9-7-14)12-36-25-27-24-22(28-29-25)16-4-2-3-5-18(16)26-23(35-24)17-10-20-21(34-13-33-20)11-19(17)30(31)32/h2-11,23,26H,12-13H2,1H3/t23-/m1/s1. The first-order chi connectivity index (χ1) is 17.5. The van der Waals surface area contributed by atoms with E-state index in [2.05, 4.69) is 44.8 Å². The van der Waals surface area contributed by atoms with Crippen molar-refractivity contribution in [1.29, 1.82) is 0 Å². The van der Waals surface area contributed by atoms with Gasteiger partial charge in [0.2, 0.25) is 24.1 Å². The fourth-order valence-electron chi connectivity index (χ4n) is 4.00. The molecular formula is C25H19N5O5S. The number of benzene rings is 3. The number of rotatable bonds is 5. The number of anilines is 1. The molecule has 11 heteroatoms. The zero-order chi connectivity index (χ0) is 24.6. The van der Waals surface area contributed by atoms with E-state index in [0.29, 0.717) is 33.8 Å². The van der Waals surface area contributed by atoms with Gasteiger partial charge in [-0.15, -0.1) is 10.2 Å². The highest BCUT2D eigenvalue weighted by atomic mass is 32.2. The van der Waals surface area contributed by atoms with Crippen molar-refractivity contribution < 1.29 is 19.1 Å². The summed E-state index contributed by atoms with van der Waals surface area (Å²) in [6.07, 6.45) is -0.936. The second kappa shape index (κ2) is 9.00. The number of aryl methyl sites for hydroxylation is 1. The third-order valence-corrected chi connectivity index (χ3v) is 6.73. The SMILES string of the molecule is Cc1ccc(CSc2nnc3c(n2)O[C@H](c2cc4c(cc2[N+](=O)[O-])OCO4)Nc2ccccc2-3)cc1. The van der Waals surface area contributed by atoms with Crippen molar-refractivity contribution in [2.75, 3.05) is 12.1 Å². The number of para-hydroxylation sites is 1. The normalized spacial score (nSPS) is 15.2. The molecule has 6 rings (SSSR count). The average Bonchev–Trinajstić information content (AvgIpc) is 3.28. The van der Waals surface area contributed by atoms with Gasteiger partial charge in [-0.25, -0.2) is 0 Å². The Morgan fingerprint density at radius 3 is 2.67 bits per heavy atom. The van der Waals surface area contributed by atoms with Gasteiger partial charge >= 0.3 is 0 Å². The minimum atomic E-state index is -0.936. The van der Waals surface area contributed by atoms with E-state index in [-0.39, 0.29) is 23.9 Å². The molecule has 1 N–H and O–H groups in total. The van der Waals surface area contributed by atoms with Crippen molar-refractivity contribution in [3.63, 3.8) is 0 Å². The van der Waals surface area contributed by atoms with Crippen molar-refractivity contribution in [3.05, 3.63) is 87.5 Å². The molecule has 10 nitrogen and oxygen atoms in total. The van der Waals surface area contributed by atoms with Crippen LogP contribution in [0.5, 0.6) is 17.4 Å². The molecule has 3 aromatic carbocycles. The zero-order valence-electron chi connectivity index (χ0n) is 19.0. The van der Waals surface area contributed by atoms with Gasteiger partial charge in [-0.1, -0.05) is 59.8 Å². The maximum Gasteiger partial charge on any atom is 0.282 e. The van der Waals surface area contributed by atoms with Gasteiger partial charge < -0.3 is 19.5 Å². The molecule has 0 spiro atoms. The molecule has 0 aliphatic carbocycles. The van der Waals surface area contributed by atoms with Gasteiger partial charge in [0.25, 0.3) is 5.69 Å². The number of nitro benzene ring substituents is 1. The van der Waals surface area contributed by atoms with Crippen LogP contribution in [0.2, 0.25) is 0 Å². The van der Waals surface area contributed by atoms with Crippen LogP contribution < -0.4 is 19.5 Å². The number of nitrogens with zero attached hydrogens (tertiary/aromatic N) is 4. The molecule has 0 amide bonds. The molecule has 1 atom stereocenters. The van der Waals surface area contributed by atoms with Crippen molar-refractivity contribution >= 4 is 23.1 Å². The Labute approximate surface area is 209 Å². The van der Waals surface area contributed by atoms with Gasteiger partial charge in [0.1, 0.15) is 0 Å². The minimum absolute atomic E-state index is 0.000723. The number of hydrogen-bond donors (Lipinski definition) is 1. The van der Waals surface area contributed by atoms with Gasteiger partial charge in [0.05, 0.1) is 16.6 Å². The first-order valence-corrected chi connectivity index (χ1v) is 12.1. The number of fused-ring (bicyclic) bond motifs is 4. The van der Waals surface area contributed by atoms with Crippen LogP contribution in [0.4, 0.5) is 11.4 Å². The summed E-state index contributed by atoms with van der Waals surface area (Å²) in [6.45, 7) is 2.04. The first kappa shape index (κ1) is 22.1. The Balaban J connectivity index is 1.39. The summed E-state index contributed by atoms with van der Waals surface area (Å²) >= 11 is 1.43. The van der Waals surface area contributed by atoms with Gasteiger partial charge in [0.15, 0.2) is 17.2 Å². The van der Waals surface area contributed by atoms with E-state index in [1.54, 1.807) is 6.07 Å². The Morgan fingerprint density at radius 2 is 1.86 bits per heavy atom. The number of ether oxygens (including phenoxy) is 3. The lowest BCUT2D eigenvalue weighted by Crippen LogP contribution is -2.18. The van der Waals surface area contributed by atoms with E-state index in [9.17, 15) is 10.1 Å². The van der Waals surface area contributed by atoms with Crippen LogP contribution in [0.25, 0.3) is 11.3 Å². The van der Waals surface area contributed by atoms with Crippen LogP contribution in [0, 0.1) is 17.0 Å². The van der Waals surface area contributed by atoms with Gasteiger partial charge in [-0.2, -0.15) is 4.98 Å². The van der Waals surface area contributed by atoms with Gasteiger partial charge in [-0.05, 0) is 24.6 Å². The fraction of sp³-hybridized carbons (Fsp3) is 0.160. The highest BCUT2D eigenvalue weighted by Gasteiger charge is 2.33. The third kappa shape index (κ3) is 4.13. The number of hydrogen-bond acceptors (Lipinski definition) is 10. The Hall–Kier alpha value is -4.38. The van der Waals surface area contributed by atoms with Gasteiger partial charge in [0, 0.05) is 17.0 Å². The molecule has 0 unspecified atom stereocenters. The molecular weight excluding hydrogens is 482 g/mol. The summed E-state index contributed by atoms with van der Waals surface area (Å²) in [7, 11) is 0. The molecule has 2 aliphatic rings. The van der Waals surface area contributed by atoms with Crippen LogP contribution in [0.1, 0.15) is 22.9 Å². The molecule has 0 fully saturated rings. The summed E-state index contributed by atoms with van der Waals surface area (Å²) < 4.78 is 17.0. The van der Waals surface area contributed by atoms with Crippen LogP contribution >= 0.6 is 11.8 Å². The van der Waals surface area contributed by atoms with Crippen LogP contribution in [0.3, 0.4) is 0 Å². The summed E-state index contributed by atoms with van der Waals surface area (Å²) in [4.78, 5) is 16.1. The summed E-state index contributed by atoms with van der Waals surface area (Å²) in [5.41, 5.74) is 4.30. The predicted molar refractivity (Wildman–Crippen MR) is 132 cm³/mol. The maximum atomic E-state index is 11.9. The van der Waals surface area contributed by atoms with E-state index in [1.165, 1.54) is 23.4 Å². The lowest BCUT2D eigenvalue weighted by atomic mass is 10.1. The second-order valence-corrected chi connectivity index (χ2v) is 9.17. The monoisotopic (exact) mass is 501 g/mol. The molecule has 1 aromatic heterocycles. The lowest BCUT2D eigenvalue weighted by molar-refractivity contribution is -0.386. The molecule has 3 heterocycles. The van der Waals surface area contributed by atoms with E-state index in [1.807, 2.05) is 31.2 Å². The molecule has 0 radical (unpaired) electrons. The molecule has 180 valence electrons. The molecule has 0 bridgehead atoms. The first-order valence-electron chi connectivity index (χ1n) is 11.1. The van der Waals surface area contributed by atoms with Crippen molar-refractivity contribution in [2.24, 2.45) is 0 Å². The van der Waals surface area contributed by atoms with E-state index in [4.69, 9.17) is 14.2 Å². The summed E-state index contributed by atoms with van der Waals surface area (Å²) in [6, 6.07) is 18.6. The third-order valence-electron chi connectivity index (χ3n) is 5.82. The van der Waals surface area contributed by atoms with Crippen molar-refractivity contribution in [1.82, 2.24) is 15.2 Å². The van der Waals surface area contributed by atoms with E-state index >= 15 is 0 Å². The summed E-state index contributed by atoms with van der Waals surface area (Å²) in [5, 5.41) is 24.3. The maximum absolute atomic E-state index is 11.9. The minimum Gasteiger partial charge on any atom is -0.454 e. The van der Waals surface area contributed by atoms with Gasteiger partial charge in [-0.3, -0.25) is 10.1 Å². The van der Waals surface area contributed by atoms with Crippen molar-refractivity contribution in [2.45, 2.75) is 24.1 Å². The zero-order valence-corrected chi connectivity index (χ0v) is 19.8. The van der Waals surface area contributed by atoms with Crippen LogP contribution in [-0.2, 0) is 5.75 Å². The largest absolute Gasteiger partial charge is 0.454 e. The predicted octanol–water partition coefficient (Wildman–Crippen LogP) is 5.28. The average molecular weight is 502 g/mol. The Morgan fingerprint density at radius 1 is 1.08 bits per heavy atom. The van der Waals surface area contributed by atoms with E-state index in [0.717, 1.165) is 11.1 Å². The molecule has 0 saturated carbocycles. The molecule has 2 aliphatic heterocycles. The number of nitro groups is 1. The van der Waals surface area contributed by atoms with Crippen LogP contribution in [-0.4, -0.2) is 26.9 Å².